The van der Waals surface area contributed by atoms with E-state index in [0.717, 1.165) is 35.9 Å². The van der Waals surface area contributed by atoms with Crippen LogP contribution in [0.25, 0.3) is 12.2 Å². The fourth-order valence-corrected chi connectivity index (χ4v) is 2.13. The summed E-state index contributed by atoms with van der Waals surface area (Å²) in [7, 11) is 1.53. The molecular weight excluding hydrogens is 352 g/mol. The number of rotatable bonds is 7. The summed E-state index contributed by atoms with van der Waals surface area (Å²) in [6.45, 7) is 18.6. The maximum atomic E-state index is 12.2. The van der Waals surface area contributed by atoms with E-state index in [-0.39, 0.29) is 18.4 Å². The first-order chi connectivity index (χ1) is 13.3. The van der Waals surface area contributed by atoms with Gasteiger partial charge in [0.1, 0.15) is 0 Å². The molecule has 0 saturated heterocycles. The van der Waals surface area contributed by atoms with Gasteiger partial charge in [0.25, 0.3) is 5.91 Å². The van der Waals surface area contributed by atoms with Crippen molar-refractivity contribution in [2.75, 3.05) is 13.6 Å². The fourth-order valence-electron chi connectivity index (χ4n) is 2.13. The van der Waals surface area contributed by atoms with Crippen LogP contribution >= 0.6 is 0 Å². The molecule has 0 bridgehead atoms. The highest BCUT2D eigenvalue weighted by Crippen LogP contribution is 1.93. The van der Waals surface area contributed by atoms with Crippen molar-refractivity contribution < 1.29 is 9.59 Å². The summed E-state index contributed by atoms with van der Waals surface area (Å²) in [5.41, 5.74) is 0.345. The molecule has 1 rings (SSSR count). The lowest BCUT2D eigenvalue weighted by Crippen LogP contribution is -2.38. The maximum absolute atomic E-state index is 12.2. The third kappa shape index (κ3) is 10.7. The van der Waals surface area contributed by atoms with Crippen molar-refractivity contribution in [3.63, 3.8) is 0 Å². The van der Waals surface area contributed by atoms with Gasteiger partial charge >= 0.3 is 0 Å². The first kappa shape index (κ1) is 27.8. The summed E-state index contributed by atoms with van der Waals surface area (Å²) >= 11 is 0. The molecule has 0 aliphatic rings. The van der Waals surface area contributed by atoms with Gasteiger partial charge in [-0.25, -0.2) is 0 Å². The number of nitrogens with zero attached hydrogens (tertiary/aromatic N) is 2. The first-order valence-electron chi connectivity index (χ1n) is 10.1. The minimum absolute atomic E-state index is 0.0625. The highest BCUT2D eigenvalue weighted by Gasteiger charge is 2.14. The zero-order valence-electron chi connectivity index (χ0n) is 19.1. The topological polar surface area (TPSA) is 76.0 Å². The molecule has 0 unspecified atom stereocenters. The number of hydrogen-bond donors (Lipinski definition) is 2. The lowest BCUT2D eigenvalue weighted by atomic mass is 10.2. The third-order valence-electron chi connectivity index (χ3n) is 3.27. The number of aromatic nitrogens is 2. The predicted octanol–water partition coefficient (Wildman–Crippen LogP) is 2.61. The van der Waals surface area contributed by atoms with Gasteiger partial charge in [-0.3, -0.25) is 14.3 Å². The molecule has 160 valence electrons. The highest BCUT2D eigenvalue weighted by atomic mass is 16.2. The Morgan fingerprint density at radius 1 is 1.18 bits per heavy atom. The number of carbonyl (C=O) groups is 2. The van der Waals surface area contributed by atoms with Crippen LogP contribution in [0.15, 0.2) is 12.7 Å². The summed E-state index contributed by atoms with van der Waals surface area (Å²) in [5, 5.41) is 11.1. The van der Waals surface area contributed by atoms with Gasteiger partial charge in [-0.1, -0.05) is 52.8 Å². The van der Waals surface area contributed by atoms with Crippen molar-refractivity contribution in [3.8, 4) is 0 Å². The van der Waals surface area contributed by atoms with Crippen molar-refractivity contribution in [3.05, 3.63) is 28.9 Å². The minimum Gasteiger partial charge on any atom is -0.358 e. The third-order valence-corrected chi connectivity index (χ3v) is 3.27. The van der Waals surface area contributed by atoms with E-state index >= 15 is 0 Å². The van der Waals surface area contributed by atoms with Crippen LogP contribution in [0.1, 0.15) is 71.8 Å². The molecule has 0 fully saturated rings. The second-order valence-corrected chi connectivity index (χ2v) is 6.47. The molecular formula is C22H40N4O2. The summed E-state index contributed by atoms with van der Waals surface area (Å²) in [5.74, 6) is 0.241. The van der Waals surface area contributed by atoms with E-state index in [1.54, 1.807) is 0 Å². The second kappa shape index (κ2) is 16.8. The molecule has 6 nitrogen and oxygen atoms in total. The molecule has 2 amide bonds. The molecule has 2 N–H and O–H groups in total. The molecule has 0 aliphatic carbocycles. The van der Waals surface area contributed by atoms with Gasteiger partial charge in [0, 0.05) is 18.8 Å². The van der Waals surface area contributed by atoms with E-state index in [1.807, 2.05) is 50.6 Å². The Kier molecular flexibility index (Phi) is 16.7. The molecule has 0 aromatic carbocycles. The predicted molar refractivity (Wildman–Crippen MR) is 119 cm³/mol. The largest absolute Gasteiger partial charge is 0.358 e. The van der Waals surface area contributed by atoms with E-state index in [0.29, 0.717) is 5.69 Å². The SMILES string of the molecule is C=CCCCn1nc(C(=O)NCC(=O)NC)c(=C/C)/c1=C\C.CC.CC(C)C. The molecule has 1 heterocycles. The van der Waals surface area contributed by atoms with E-state index in [9.17, 15) is 9.59 Å². The van der Waals surface area contributed by atoms with Gasteiger partial charge in [0.2, 0.25) is 5.91 Å². The van der Waals surface area contributed by atoms with Crippen LogP contribution in [0.3, 0.4) is 0 Å². The molecule has 1 aromatic heterocycles. The maximum Gasteiger partial charge on any atom is 0.272 e. The Balaban J connectivity index is 0. The Labute approximate surface area is 170 Å². The molecule has 28 heavy (non-hydrogen) atoms. The van der Waals surface area contributed by atoms with Gasteiger partial charge in [0.15, 0.2) is 5.69 Å². The molecule has 0 spiro atoms. The zero-order chi connectivity index (χ0) is 22.1. The van der Waals surface area contributed by atoms with E-state index in [1.165, 1.54) is 7.05 Å². The molecule has 0 atom stereocenters. The van der Waals surface area contributed by atoms with Gasteiger partial charge in [-0.2, -0.15) is 5.10 Å². The summed E-state index contributed by atoms with van der Waals surface area (Å²) < 4.78 is 1.83. The Morgan fingerprint density at radius 2 is 1.75 bits per heavy atom. The van der Waals surface area contributed by atoms with Crippen LogP contribution < -0.4 is 21.2 Å². The quantitative estimate of drug-likeness (QED) is 0.553. The van der Waals surface area contributed by atoms with Crippen LogP contribution in [0.4, 0.5) is 0 Å². The number of hydrogen-bond acceptors (Lipinski definition) is 3. The van der Waals surface area contributed by atoms with Crippen molar-refractivity contribution >= 4 is 24.0 Å². The normalized spacial score (nSPS) is 11.2. The fraction of sp³-hybridized carbons (Fsp3) is 0.591. The number of aryl methyl sites for hydroxylation is 1. The Morgan fingerprint density at radius 3 is 2.18 bits per heavy atom. The van der Waals surface area contributed by atoms with Crippen molar-refractivity contribution in [1.29, 1.82) is 0 Å². The summed E-state index contributed by atoms with van der Waals surface area (Å²) in [6.07, 6.45) is 7.47. The van der Waals surface area contributed by atoms with Gasteiger partial charge in [0.05, 0.1) is 11.9 Å². The van der Waals surface area contributed by atoms with Crippen LogP contribution in [-0.2, 0) is 11.3 Å². The summed E-state index contributed by atoms with van der Waals surface area (Å²) in [4.78, 5) is 23.5. The van der Waals surface area contributed by atoms with Crippen LogP contribution in [-0.4, -0.2) is 35.2 Å². The number of nitrogens with one attached hydrogen (secondary N) is 2. The van der Waals surface area contributed by atoms with Crippen molar-refractivity contribution in [2.45, 2.75) is 67.9 Å². The second-order valence-electron chi connectivity index (χ2n) is 6.47. The zero-order valence-corrected chi connectivity index (χ0v) is 19.1. The number of carbonyl (C=O) groups excluding carboxylic acids is 2. The Hall–Kier alpha value is -2.37. The van der Waals surface area contributed by atoms with Gasteiger partial charge in [-0.15, -0.1) is 6.58 Å². The van der Waals surface area contributed by atoms with E-state index in [2.05, 4.69) is 43.1 Å². The number of allylic oxidation sites excluding steroid dienone is 1. The monoisotopic (exact) mass is 392 g/mol. The minimum atomic E-state index is -0.345. The standard InChI is InChI=1S/C16H24N4O2.C4H10.C2H6/c1-5-8-9-10-20-13(7-3)12(6-2)15(19-20)16(22)18-11-14(21)17-4;1-4(2)3;1-2/h5-7H,1,8-11H2,2-4H3,(H,17,21)(H,18,22);4H,1-3H3;1-2H3/b12-6+,13-7+;;. The van der Waals surface area contributed by atoms with Crippen LogP contribution in [0, 0.1) is 5.92 Å². The lowest BCUT2D eigenvalue weighted by Gasteiger charge is -2.02. The number of amides is 2. The van der Waals surface area contributed by atoms with E-state index < -0.39 is 0 Å². The molecule has 0 aliphatic heterocycles. The number of likely N-dealkylation sites (N-methyl/N-ethyl adjacent to an activating group) is 1. The van der Waals surface area contributed by atoms with Gasteiger partial charge < -0.3 is 10.6 Å². The average Bonchev–Trinajstić information content (AvgIpc) is 3.04. The first-order valence-corrected chi connectivity index (χ1v) is 10.1. The average molecular weight is 393 g/mol. The Bertz CT molecular complexity index is 700. The number of unbranched alkanes of at least 4 members (excludes halogenated alkanes) is 1. The molecule has 0 radical (unpaired) electrons. The molecule has 1 aromatic rings. The van der Waals surface area contributed by atoms with Crippen molar-refractivity contribution in [1.82, 2.24) is 20.4 Å². The highest BCUT2D eigenvalue weighted by molar-refractivity contribution is 5.95. The van der Waals surface area contributed by atoms with Crippen molar-refractivity contribution in [2.24, 2.45) is 5.92 Å². The van der Waals surface area contributed by atoms with Crippen LogP contribution in [0.2, 0.25) is 0 Å². The summed E-state index contributed by atoms with van der Waals surface area (Å²) in [6, 6.07) is 0. The van der Waals surface area contributed by atoms with Crippen LogP contribution in [0.5, 0.6) is 0 Å². The van der Waals surface area contributed by atoms with Gasteiger partial charge in [-0.05, 0) is 32.6 Å². The smallest absolute Gasteiger partial charge is 0.272 e. The molecule has 0 saturated carbocycles. The molecule has 6 heteroatoms. The lowest BCUT2D eigenvalue weighted by molar-refractivity contribution is -0.119. The van der Waals surface area contributed by atoms with E-state index in [4.69, 9.17) is 0 Å².